The number of nitrogens with one attached hydrogen (secondary N) is 1. The van der Waals surface area contributed by atoms with Gasteiger partial charge in [0.2, 0.25) is 0 Å². The number of benzene rings is 1. The minimum atomic E-state index is -0.0589. The van der Waals surface area contributed by atoms with Crippen molar-refractivity contribution >= 4 is 10.9 Å². The van der Waals surface area contributed by atoms with Crippen LogP contribution in [-0.4, -0.2) is 14.7 Å². The van der Waals surface area contributed by atoms with Gasteiger partial charge in [-0.3, -0.25) is 4.79 Å². The molecule has 25 heavy (non-hydrogen) atoms. The first-order valence-electron chi connectivity index (χ1n) is 9.17. The highest BCUT2D eigenvalue weighted by molar-refractivity contribution is 5.82. The third kappa shape index (κ3) is 3.95. The second-order valence-electron chi connectivity index (χ2n) is 6.60. The Morgan fingerprint density at radius 1 is 1.08 bits per heavy atom. The molecule has 4 nitrogen and oxygen atoms in total. The van der Waals surface area contributed by atoms with Crippen LogP contribution in [0.15, 0.2) is 47.5 Å². The van der Waals surface area contributed by atoms with Gasteiger partial charge in [0.15, 0.2) is 0 Å². The Balaban J connectivity index is 1.73. The predicted octanol–water partition coefficient (Wildman–Crippen LogP) is 4.40. The molecule has 0 radical (unpaired) electrons. The summed E-state index contributed by atoms with van der Waals surface area (Å²) in [7, 11) is 0. The van der Waals surface area contributed by atoms with Crippen molar-refractivity contribution in [2.45, 2.75) is 52.0 Å². The maximum absolute atomic E-state index is 12.7. The van der Waals surface area contributed by atoms with Gasteiger partial charge < -0.3 is 14.7 Å². The van der Waals surface area contributed by atoms with Crippen molar-refractivity contribution in [3.05, 3.63) is 64.2 Å². The SMILES string of the molecule is CCCCCCc1c(O)ccn(CCc2c[nH]c3ccccc23)c1=O. The smallest absolute Gasteiger partial charge is 0.257 e. The van der Waals surface area contributed by atoms with Gasteiger partial charge in [-0.05, 0) is 37.0 Å². The second kappa shape index (κ2) is 8.06. The predicted molar refractivity (Wildman–Crippen MR) is 102 cm³/mol. The van der Waals surface area contributed by atoms with E-state index < -0.39 is 0 Å². The van der Waals surface area contributed by atoms with Gasteiger partial charge >= 0.3 is 0 Å². The van der Waals surface area contributed by atoms with E-state index in [2.05, 4.69) is 24.0 Å². The molecule has 2 heterocycles. The van der Waals surface area contributed by atoms with Crippen LogP contribution in [0.5, 0.6) is 5.75 Å². The molecule has 0 saturated carbocycles. The van der Waals surface area contributed by atoms with Gasteiger partial charge in [0, 0.05) is 29.8 Å². The molecular weight excluding hydrogens is 312 g/mol. The van der Waals surface area contributed by atoms with Crippen LogP contribution in [-0.2, 0) is 19.4 Å². The Kier molecular flexibility index (Phi) is 5.59. The zero-order valence-electron chi connectivity index (χ0n) is 14.8. The van der Waals surface area contributed by atoms with E-state index in [1.807, 2.05) is 18.3 Å². The van der Waals surface area contributed by atoms with E-state index in [0.717, 1.165) is 31.2 Å². The van der Waals surface area contributed by atoms with E-state index >= 15 is 0 Å². The molecular formula is C21H26N2O2. The summed E-state index contributed by atoms with van der Waals surface area (Å²) >= 11 is 0. The maximum Gasteiger partial charge on any atom is 0.257 e. The molecule has 0 atom stereocenters. The fourth-order valence-corrected chi connectivity index (χ4v) is 3.33. The molecule has 0 aliphatic rings. The van der Waals surface area contributed by atoms with E-state index in [1.54, 1.807) is 16.8 Å². The van der Waals surface area contributed by atoms with Crippen LogP contribution in [0.25, 0.3) is 10.9 Å². The largest absolute Gasteiger partial charge is 0.507 e. The number of aromatic amines is 1. The molecule has 132 valence electrons. The summed E-state index contributed by atoms with van der Waals surface area (Å²) in [5, 5.41) is 11.3. The summed E-state index contributed by atoms with van der Waals surface area (Å²) in [6.07, 6.45) is 9.52. The van der Waals surface area contributed by atoms with Gasteiger partial charge in [-0.25, -0.2) is 0 Å². The second-order valence-corrected chi connectivity index (χ2v) is 6.60. The number of pyridine rings is 1. The van der Waals surface area contributed by atoms with E-state index in [9.17, 15) is 9.90 Å². The molecule has 0 fully saturated rings. The lowest BCUT2D eigenvalue weighted by atomic mass is 10.1. The van der Waals surface area contributed by atoms with Gasteiger partial charge in [0.05, 0.1) is 5.56 Å². The zero-order chi connectivity index (χ0) is 17.6. The standard InChI is InChI=1S/C21H26N2O2/c1-2-3-4-5-9-18-20(24)12-14-23(21(18)25)13-11-16-15-22-19-10-7-6-8-17(16)19/h6-8,10,12,14-15,22,24H,2-5,9,11,13H2,1H3. The lowest BCUT2D eigenvalue weighted by Gasteiger charge is -2.10. The number of para-hydroxylation sites is 1. The van der Waals surface area contributed by atoms with Crippen molar-refractivity contribution in [3.8, 4) is 5.75 Å². The van der Waals surface area contributed by atoms with Crippen LogP contribution in [0, 0.1) is 0 Å². The van der Waals surface area contributed by atoms with Gasteiger partial charge in [-0.2, -0.15) is 0 Å². The topological polar surface area (TPSA) is 58.0 Å². The number of aryl methyl sites for hydroxylation is 2. The molecule has 1 aromatic carbocycles. The average Bonchev–Trinajstić information content (AvgIpc) is 3.04. The van der Waals surface area contributed by atoms with Crippen molar-refractivity contribution in [2.75, 3.05) is 0 Å². The highest BCUT2D eigenvalue weighted by atomic mass is 16.3. The molecule has 0 spiro atoms. The first-order chi connectivity index (χ1) is 12.2. The number of hydrogen-bond donors (Lipinski definition) is 2. The lowest BCUT2D eigenvalue weighted by Crippen LogP contribution is -2.24. The van der Waals surface area contributed by atoms with E-state index in [0.29, 0.717) is 18.5 Å². The van der Waals surface area contributed by atoms with Gasteiger partial charge in [0.1, 0.15) is 5.75 Å². The fraction of sp³-hybridized carbons (Fsp3) is 0.381. The Bertz CT molecular complexity index is 892. The van der Waals surface area contributed by atoms with Crippen molar-refractivity contribution in [2.24, 2.45) is 0 Å². The first kappa shape index (κ1) is 17.3. The number of nitrogens with zero attached hydrogens (tertiary/aromatic N) is 1. The molecule has 2 aromatic heterocycles. The highest BCUT2D eigenvalue weighted by Crippen LogP contribution is 2.19. The van der Waals surface area contributed by atoms with E-state index in [-0.39, 0.29) is 11.3 Å². The number of hydrogen-bond acceptors (Lipinski definition) is 2. The summed E-state index contributed by atoms with van der Waals surface area (Å²) in [6.45, 7) is 2.78. The highest BCUT2D eigenvalue weighted by Gasteiger charge is 2.10. The Labute approximate surface area is 148 Å². The number of fused-ring (bicyclic) bond motifs is 1. The number of rotatable bonds is 8. The normalized spacial score (nSPS) is 11.2. The molecule has 0 amide bonds. The molecule has 2 N–H and O–H groups in total. The Morgan fingerprint density at radius 3 is 2.76 bits per heavy atom. The Hall–Kier alpha value is -2.49. The quantitative estimate of drug-likeness (QED) is 0.598. The third-order valence-electron chi connectivity index (χ3n) is 4.82. The van der Waals surface area contributed by atoms with Gasteiger partial charge in [0.25, 0.3) is 5.56 Å². The van der Waals surface area contributed by atoms with Crippen LogP contribution < -0.4 is 5.56 Å². The van der Waals surface area contributed by atoms with Crippen molar-refractivity contribution in [3.63, 3.8) is 0 Å². The summed E-state index contributed by atoms with van der Waals surface area (Å²) in [5.41, 5.74) is 2.82. The van der Waals surface area contributed by atoms with E-state index in [4.69, 9.17) is 0 Å². The number of H-pyrrole nitrogens is 1. The van der Waals surface area contributed by atoms with Crippen molar-refractivity contribution in [1.29, 1.82) is 0 Å². The number of aromatic hydroxyl groups is 1. The molecule has 0 bridgehead atoms. The van der Waals surface area contributed by atoms with Crippen LogP contribution in [0.4, 0.5) is 0 Å². The minimum Gasteiger partial charge on any atom is -0.507 e. The summed E-state index contributed by atoms with van der Waals surface area (Å²) in [5.74, 6) is 0.129. The Morgan fingerprint density at radius 2 is 1.92 bits per heavy atom. The molecule has 0 saturated heterocycles. The summed E-state index contributed by atoms with van der Waals surface area (Å²) < 4.78 is 1.72. The molecule has 0 aliphatic heterocycles. The van der Waals surface area contributed by atoms with Crippen LogP contribution >= 0.6 is 0 Å². The zero-order valence-corrected chi connectivity index (χ0v) is 14.8. The average molecular weight is 338 g/mol. The summed E-state index contributed by atoms with van der Waals surface area (Å²) in [6, 6.07) is 9.84. The molecule has 4 heteroatoms. The monoisotopic (exact) mass is 338 g/mol. The number of aromatic nitrogens is 2. The van der Waals surface area contributed by atoms with Crippen molar-refractivity contribution < 1.29 is 5.11 Å². The third-order valence-corrected chi connectivity index (χ3v) is 4.82. The van der Waals surface area contributed by atoms with Crippen LogP contribution in [0.2, 0.25) is 0 Å². The summed E-state index contributed by atoms with van der Waals surface area (Å²) in [4.78, 5) is 15.9. The molecule has 3 rings (SSSR count). The minimum absolute atomic E-state index is 0.0589. The lowest BCUT2D eigenvalue weighted by molar-refractivity contribution is 0.459. The number of unbranched alkanes of at least 4 members (excludes halogenated alkanes) is 3. The molecule has 0 unspecified atom stereocenters. The fourth-order valence-electron chi connectivity index (χ4n) is 3.33. The van der Waals surface area contributed by atoms with Crippen molar-refractivity contribution in [1.82, 2.24) is 9.55 Å². The van der Waals surface area contributed by atoms with Crippen LogP contribution in [0.3, 0.4) is 0 Å². The van der Waals surface area contributed by atoms with Crippen LogP contribution in [0.1, 0.15) is 43.7 Å². The first-order valence-corrected chi connectivity index (χ1v) is 9.17. The molecule has 3 aromatic rings. The maximum atomic E-state index is 12.7. The molecule has 0 aliphatic carbocycles. The van der Waals surface area contributed by atoms with Gasteiger partial charge in [-0.1, -0.05) is 44.4 Å². The van der Waals surface area contributed by atoms with E-state index in [1.165, 1.54) is 17.4 Å². The van der Waals surface area contributed by atoms with Gasteiger partial charge in [-0.15, -0.1) is 0 Å².